The Morgan fingerprint density at radius 3 is 1.57 bits per heavy atom. The predicted molar refractivity (Wildman–Crippen MR) is 62.4 cm³/mol. The minimum absolute atomic E-state index is 0.181. The van der Waals surface area contributed by atoms with Gasteiger partial charge in [-0.2, -0.15) is 34.8 Å². The highest BCUT2D eigenvalue weighted by Gasteiger charge is 2.51. The SMILES string of the molecule is CCC[N+](C)(C)C.O=C(NS(=O)(=O)C(F)(F)F)C(F)(F)F. The third-order valence-electron chi connectivity index (χ3n) is 1.68. The van der Waals surface area contributed by atoms with Crippen molar-refractivity contribution in [2.24, 2.45) is 0 Å². The number of carbonyl (C=O) groups excluding carboxylic acids is 1. The second kappa shape index (κ2) is 7.29. The van der Waals surface area contributed by atoms with Crippen molar-refractivity contribution >= 4 is 15.9 Å². The van der Waals surface area contributed by atoms with E-state index in [0.717, 1.165) is 4.48 Å². The zero-order valence-electron chi connectivity index (χ0n) is 11.8. The number of alkyl halides is 6. The number of carbonyl (C=O) groups is 1. The fourth-order valence-corrected chi connectivity index (χ4v) is 1.38. The zero-order chi connectivity index (χ0) is 17.7. The maximum atomic E-state index is 11.4. The lowest BCUT2D eigenvalue weighted by Crippen LogP contribution is -2.46. The van der Waals surface area contributed by atoms with Crippen molar-refractivity contribution in [3.05, 3.63) is 0 Å². The molecule has 1 amide bonds. The Morgan fingerprint density at radius 2 is 1.43 bits per heavy atom. The molecule has 0 bridgehead atoms. The van der Waals surface area contributed by atoms with E-state index in [1.54, 1.807) is 0 Å². The van der Waals surface area contributed by atoms with Crippen LogP contribution >= 0.6 is 0 Å². The largest absolute Gasteiger partial charge is 0.516 e. The molecule has 0 aromatic heterocycles. The third kappa shape index (κ3) is 10.3. The average molecular weight is 347 g/mol. The normalized spacial score (nSPS) is 13.2. The van der Waals surface area contributed by atoms with Crippen molar-refractivity contribution in [2.75, 3.05) is 27.7 Å². The number of nitrogens with zero attached hydrogens (tertiary/aromatic N) is 1. The van der Waals surface area contributed by atoms with Gasteiger partial charge in [0.05, 0.1) is 27.7 Å². The number of rotatable bonds is 3. The number of halogens is 6. The first-order chi connectivity index (χ1) is 8.94. The molecule has 21 heavy (non-hydrogen) atoms. The number of quaternary nitrogens is 1. The van der Waals surface area contributed by atoms with Crippen LogP contribution in [0.15, 0.2) is 0 Å². The second-order valence-electron chi connectivity index (χ2n) is 4.89. The van der Waals surface area contributed by atoms with Gasteiger partial charge in [-0.15, -0.1) is 0 Å². The van der Waals surface area contributed by atoms with Gasteiger partial charge in [-0.1, -0.05) is 6.92 Å². The number of amides is 1. The molecule has 1 N–H and O–H groups in total. The maximum Gasteiger partial charge on any atom is 0.516 e. The number of hydrogen-bond donors (Lipinski definition) is 1. The highest BCUT2D eigenvalue weighted by Crippen LogP contribution is 2.23. The molecule has 0 aliphatic rings. The minimum atomic E-state index is -6.30. The molecule has 0 fully saturated rings. The summed E-state index contributed by atoms with van der Waals surface area (Å²) in [6, 6.07) is 0. The van der Waals surface area contributed by atoms with Crippen LogP contribution < -0.4 is 4.72 Å². The number of nitrogens with one attached hydrogen (secondary N) is 1. The Kier molecular flexibility index (Phi) is 7.72. The third-order valence-corrected chi connectivity index (χ3v) is 2.75. The summed E-state index contributed by atoms with van der Waals surface area (Å²) < 4.78 is 89.0. The molecular weight excluding hydrogens is 330 g/mol. The van der Waals surface area contributed by atoms with Crippen molar-refractivity contribution in [3.8, 4) is 0 Å². The van der Waals surface area contributed by atoms with E-state index in [9.17, 15) is 39.6 Å². The Bertz CT molecular complexity index is 436. The molecule has 0 rings (SSSR count). The molecule has 12 heteroatoms. The van der Waals surface area contributed by atoms with Crippen molar-refractivity contribution in [3.63, 3.8) is 0 Å². The topological polar surface area (TPSA) is 63.2 Å². The Hall–Kier alpha value is -1.04. The summed E-state index contributed by atoms with van der Waals surface area (Å²) in [6.45, 7) is 3.49. The van der Waals surface area contributed by atoms with Gasteiger partial charge in [0.15, 0.2) is 0 Å². The molecule has 0 heterocycles. The van der Waals surface area contributed by atoms with E-state index in [2.05, 4.69) is 28.1 Å². The molecule has 0 unspecified atom stereocenters. The highest BCUT2D eigenvalue weighted by atomic mass is 32.2. The summed E-state index contributed by atoms with van der Waals surface area (Å²) in [5.41, 5.74) is -5.96. The van der Waals surface area contributed by atoms with Crippen LogP contribution in [0.4, 0.5) is 26.3 Å². The van der Waals surface area contributed by atoms with E-state index >= 15 is 0 Å². The van der Waals surface area contributed by atoms with Gasteiger partial charge in [0.1, 0.15) is 0 Å². The van der Waals surface area contributed by atoms with Gasteiger partial charge in [-0.05, 0) is 6.42 Å². The van der Waals surface area contributed by atoms with E-state index in [1.807, 2.05) is 0 Å². The standard InChI is InChI=1S/C6H16N.C3HF6NO3S/c1-5-6-7(2,3)4;4-2(5,6)1(11)10-14(12,13)3(7,8)9/h5-6H2,1-4H3;(H,10,11)/q+1;. The Labute approximate surface area is 118 Å². The van der Waals surface area contributed by atoms with Crippen LogP contribution in [-0.4, -0.2) is 58.2 Å². The fourth-order valence-electron chi connectivity index (χ4n) is 0.909. The minimum Gasteiger partial charge on any atom is -0.331 e. The molecule has 0 aliphatic carbocycles. The molecule has 0 aromatic rings. The van der Waals surface area contributed by atoms with Crippen molar-refractivity contribution < 1.29 is 44.0 Å². The Balaban J connectivity index is 0. The summed E-state index contributed by atoms with van der Waals surface area (Å²) in [4.78, 5) is 9.81. The van der Waals surface area contributed by atoms with E-state index in [1.165, 1.54) is 13.0 Å². The quantitative estimate of drug-likeness (QED) is 0.623. The van der Waals surface area contributed by atoms with Crippen LogP contribution in [0.5, 0.6) is 0 Å². The summed E-state index contributed by atoms with van der Waals surface area (Å²) in [7, 11) is 0.336. The van der Waals surface area contributed by atoms with E-state index < -0.39 is 27.6 Å². The summed E-state index contributed by atoms with van der Waals surface area (Å²) in [6.07, 6.45) is -4.41. The van der Waals surface area contributed by atoms with E-state index in [-0.39, 0.29) is 4.72 Å². The molecule has 5 nitrogen and oxygen atoms in total. The van der Waals surface area contributed by atoms with Crippen LogP contribution in [0.25, 0.3) is 0 Å². The molecule has 0 aliphatic heterocycles. The molecule has 0 saturated carbocycles. The first-order valence-electron chi connectivity index (χ1n) is 5.44. The van der Waals surface area contributed by atoms with E-state index in [0.29, 0.717) is 0 Å². The lowest BCUT2D eigenvalue weighted by atomic mass is 10.4. The van der Waals surface area contributed by atoms with Crippen molar-refractivity contribution in [1.82, 2.24) is 4.72 Å². The lowest BCUT2D eigenvalue weighted by Gasteiger charge is -2.22. The molecule has 0 aromatic carbocycles. The van der Waals surface area contributed by atoms with Crippen LogP contribution in [0.1, 0.15) is 13.3 Å². The smallest absolute Gasteiger partial charge is 0.331 e. The van der Waals surface area contributed by atoms with Gasteiger partial charge >= 0.3 is 27.6 Å². The summed E-state index contributed by atoms with van der Waals surface area (Å²) >= 11 is 0. The van der Waals surface area contributed by atoms with Gasteiger partial charge in [0, 0.05) is 0 Å². The van der Waals surface area contributed by atoms with Gasteiger partial charge in [0.25, 0.3) is 0 Å². The van der Waals surface area contributed by atoms with Gasteiger partial charge in [-0.3, -0.25) is 4.79 Å². The first-order valence-corrected chi connectivity index (χ1v) is 6.93. The molecule has 0 radical (unpaired) electrons. The van der Waals surface area contributed by atoms with Crippen LogP contribution in [0.2, 0.25) is 0 Å². The second-order valence-corrected chi connectivity index (χ2v) is 6.57. The summed E-state index contributed by atoms with van der Waals surface area (Å²) in [5, 5.41) is 0. The highest BCUT2D eigenvalue weighted by molar-refractivity contribution is 7.90. The predicted octanol–water partition coefficient (Wildman–Crippen LogP) is 1.62. The summed E-state index contributed by atoms with van der Waals surface area (Å²) in [5.74, 6) is -3.20. The van der Waals surface area contributed by atoms with Gasteiger partial charge < -0.3 is 4.48 Å². The van der Waals surface area contributed by atoms with Crippen LogP contribution in [-0.2, 0) is 14.8 Å². The monoisotopic (exact) mass is 347 g/mol. The average Bonchev–Trinajstić information content (AvgIpc) is 2.11. The van der Waals surface area contributed by atoms with Crippen LogP contribution in [0, 0.1) is 0 Å². The van der Waals surface area contributed by atoms with Crippen LogP contribution in [0.3, 0.4) is 0 Å². The van der Waals surface area contributed by atoms with Crippen molar-refractivity contribution in [1.29, 1.82) is 0 Å². The molecule has 0 spiro atoms. The number of hydrogen-bond acceptors (Lipinski definition) is 3. The molecular formula is C9H17F6N2O3S+. The first kappa shape index (κ1) is 22.2. The molecule has 0 atom stereocenters. The van der Waals surface area contributed by atoms with E-state index in [4.69, 9.17) is 0 Å². The lowest BCUT2D eigenvalue weighted by molar-refractivity contribution is -0.870. The molecule has 128 valence electrons. The molecule has 0 saturated heterocycles. The zero-order valence-corrected chi connectivity index (χ0v) is 12.6. The van der Waals surface area contributed by atoms with Gasteiger partial charge in [-0.25, -0.2) is 4.72 Å². The maximum absolute atomic E-state index is 11.4. The van der Waals surface area contributed by atoms with Crippen molar-refractivity contribution in [2.45, 2.75) is 25.0 Å². The van der Waals surface area contributed by atoms with Gasteiger partial charge in [0.2, 0.25) is 0 Å². The fraction of sp³-hybridized carbons (Fsp3) is 0.889. The Morgan fingerprint density at radius 1 is 1.05 bits per heavy atom. The number of sulfonamides is 1.